The van der Waals surface area contributed by atoms with Crippen molar-refractivity contribution in [3.05, 3.63) is 34.9 Å². The summed E-state index contributed by atoms with van der Waals surface area (Å²) in [4.78, 5) is 2.71. The second-order valence-electron chi connectivity index (χ2n) is 6.83. The Hall–Kier alpha value is -0.570. The Labute approximate surface area is 127 Å². The van der Waals surface area contributed by atoms with Crippen LogP contribution in [0, 0.1) is 5.92 Å². The Morgan fingerprint density at radius 3 is 2.35 bits per heavy atom. The summed E-state index contributed by atoms with van der Waals surface area (Å²) in [6, 6.07) is 9.01. The van der Waals surface area contributed by atoms with Gasteiger partial charge in [-0.2, -0.15) is 0 Å². The molecule has 1 atom stereocenters. The molecule has 2 aliphatic carbocycles. The van der Waals surface area contributed by atoms with Crippen molar-refractivity contribution in [3.63, 3.8) is 0 Å². The van der Waals surface area contributed by atoms with Crippen molar-refractivity contribution in [1.29, 1.82) is 0 Å². The summed E-state index contributed by atoms with van der Waals surface area (Å²) in [5, 5.41) is 0.806. The van der Waals surface area contributed by atoms with Gasteiger partial charge in [0.05, 0.1) is 0 Å². The molecular formula is C17H25ClN2. The van der Waals surface area contributed by atoms with Gasteiger partial charge in [0.15, 0.2) is 0 Å². The fourth-order valence-electron chi connectivity index (χ4n) is 3.11. The molecule has 1 unspecified atom stereocenters. The maximum Gasteiger partial charge on any atom is 0.0406 e. The summed E-state index contributed by atoms with van der Waals surface area (Å²) >= 11 is 5.98. The third-order valence-electron chi connectivity index (χ3n) is 4.77. The molecule has 3 heteroatoms. The standard InChI is InChI=1S/C17H25ClN2/c1-17(12-19,10-13-4-6-15(18)7-5-13)20(16-8-9-16)11-14-2-3-14/h4-7,14,16H,2-3,8-12,19H2,1H3. The molecule has 0 aromatic heterocycles. The van der Waals surface area contributed by atoms with Crippen molar-refractivity contribution in [3.8, 4) is 0 Å². The maximum atomic E-state index is 6.18. The molecule has 0 spiro atoms. The zero-order valence-corrected chi connectivity index (χ0v) is 13.1. The van der Waals surface area contributed by atoms with Crippen LogP contribution in [0.3, 0.4) is 0 Å². The Kier molecular flexibility index (Phi) is 4.07. The molecule has 0 radical (unpaired) electrons. The first-order valence-electron chi connectivity index (χ1n) is 7.82. The molecule has 1 aromatic carbocycles. The molecule has 2 aliphatic rings. The van der Waals surface area contributed by atoms with Crippen molar-refractivity contribution < 1.29 is 0 Å². The molecule has 0 bridgehead atoms. The number of halogens is 1. The summed E-state index contributed by atoms with van der Waals surface area (Å²) in [5.41, 5.74) is 7.60. The Bertz CT molecular complexity index is 451. The van der Waals surface area contributed by atoms with E-state index in [4.69, 9.17) is 17.3 Å². The molecule has 110 valence electrons. The normalized spacial score (nSPS) is 22.0. The number of nitrogens with zero attached hydrogens (tertiary/aromatic N) is 1. The van der Waals surface area contributed by atoms with Crippen LogP contribution in [0.1, 0.15) is 38.2 Å². The van der Waals surface area contributed by atoms with Gasteiger partial charge in [-0.05, 0) is 62.6 Å². The lowest BCUT2D eigenvalue weighted by Gasteiger charge is -2.41. The minimum atomic E-state index is 0.0809. The Balaban J connectivity index is 1.74. The van der Waals surface area contributed by atoms with Crippen molar-refractivity contribution in [2.75, 3.05) is 13.1 Å². The molecule has 2 nitrogen and oxygen atoms in total. The number of hydrogen-bond donors (Lipinski definition) is 1. The summed E-state index contributed by atoms with van der Waals surface area (Å²) < 4.78 is 0. The quantitative estimate of drug-likeness (QED) is 0.834. The fraction of sp³-hybridized carbons (Fsp3) is 0.647. The van der Waals surface area contributed by atoms with Gasteiger partial charge < -0.3 is 5.73 Å². The third-order valence-corrected chi connectivity index (χ3v) is 5.02. The van der Waals surface area contributed by atoms with Crippen LogP contribution in [0.2, 0.25) is 5.02 Å². The molecule has 2 saturated carbocycles. The zero-order chi connectivity index (χ0) is 14.2. The van der Waals surface area contributed by atoms with Crippen LogP contribution in [0.15, 0.2) is 24.3 Å². The highest BCUT2D eigenvalue weighted by Gasteiger charge is 2.42. The lowest BCUT2D eigenvalue weighted by atomic mass is 9.90. The summed E-state index contributed by atoms with van der Waals surface area (Å²) in [6.07, 6.45) is 6.53. The highest BCUT2D eigenvalue weighted by molar-refractivity contribution is 6.30. The first-order valence-corrected chi connectivity index (χ1v) is 8.20. The number of benzene rings is 1. The minimum absolute atomic E-state index is 0.0809. The molecule has 2 N–H and O–H groups in total. The molecular weight excluding hydrogens is 268 g/mol. The van der Waals surface area contributed by atoms with Crippen LogP contribution in [-0.4, -0.2) is 29.6 Å². The van der Waals surface area contributed by atoms with Gasteiger partial charge in [0, 0.05) is 29.7 Å². The molecule has 2 fully saturated rings. The molecule has 0 amide bonds. The highest BCUT2D eigenvalue weighted by atomic mass is 35.5. The van der Waals surface area contributed by atoms with Gasteiger partial charge >= 0.3 is 0 Å². The fourth-order valence-corrected chi connectivity index (χ4v) is 3.23. The number of hydrogen-bond acceptors (Lipinski definition) is 2. The zero-order valence-electron chi connectivity index (χ0n) is 12.3. The van der Waals surface area contributed by atoms with Gasteiger partial charge in [-0.25, -0.2) is 0 Å². The van der Waals surface area contributed by atoms with E-state index in [1.807, 2.05) is 12.1 Å². The topological polar surface area (TPSA) is 29.3 Å². The van der Waals surface area contributed by atoms with E-state index in [9.17, 15) is 0 Å². The molecule has 3 rings (SSSR count). The van der Waals surface area contributed by atoms with E-state index in [2.05, 4.69) is 24.0 Å². The van der Waals surface area contributed by atoms with Crippen molar-refractivity contribution in [1.82, 2.24) is 4.90 Å². The van der Waals surface area contributed by atoms with Crippen LogP contribution in [-0.2, 0) is 6.42 Å². The average Bonchev–Trinajstić information content (AvgIpc) is 3.31. The van der Waals surface area contributed by atoms with E-state index in [-0.39, 0.29) is 5.54 Å². The maximum absolute atomic E-state index is 6.18. The van der Waals surface area contributed by atoms with E-state index < -0.39 is 0 Å². The molecule has 0 heterocycles. The first-order chi connectivity index (χ1) is 9.60. The minimum Gasteiger partial charge on any atom is -0.329 e. The molecule has 1 aromatic rings. The lowest BCUT2D eigenvalue weighted by molar-refractivity contribution is 0.0945. The smallest absolute Gasteiger partial charge is 0.0406 e. The van der Waals surface area contributed by atoms with Gasteiger partial charge in [-0.1, -0.05) is 23.7 Å². The number of rotatable bonds is 7. The van der Waals surface area contributed by atoms with Crippen LogP contribution >= 0.6 is 11.6 Å². The van der Waals surface area contributed by atoms with Crippen LogP contribution in [0.4, 0.5) is 0 Å². The van der Waals surface area contributed by atoms with Crippen LogP contribution < -0.4 is 5.73 Å². The summed E-state index contributed by atoms with van der Waals surface area (Å²) in [6.45, 7) is 4.30. The van der Waals surface area contributed by atoms with Gasteiger partial charge in [0.1, 0.15) is 0 Å². The second-order valence-corrected chi connectivity index (χ2v) is 7.27. The summed E-state index contributed by atoms with van der Waals surface area (Å²) in [5.74, 6) is 0.923. The van der Waals surface area contributed by atoms with Crippen molar-refractivity contribution in [2.45, 2.75) is 50.6 Å². The Morgan fingerprint density at radius 1 is 1.20 bits per heavy atom. The second kappa shape index (κ2) is 5.67. The van der Waals surface area contributed by atoms with Crippen LogP contribution in [0.25, 0.3) is 0 Å². The highest BCUT2D eigenvalue weighted by Crippen LogP contribution is 2.39. The average molecular weight is 293 g/mol. The number of nitrogens with two attached hydrogens (primary N) is 1. The van der Waals surface area contributed by atoms with E-state index in [0.29, 0.717) is 0 Å². The summed E-state index contributed by atoms with van der Waals surface area (Å²) in [7, 11) is 0. The van der Waals surface area contributed by atoms with Crippen molar-refractivity contribution >= 4 is 11.6 Å². The van der Waals surface area contributed by atoms with Gasteiger partial charge in [-0.3, -0.25) is 4.90 Å². The molecule has 20 heavy (non-hydrogen) atoms. The molecule has 0 aliphatic heterocycles. The predicted molar refractivity (Wildman–Crippen MR) is 85.1 cm³/mol. The SMILES string of the molecule is CC(CN)(Cc1ccc(Cl)cc1)N(CC1CC1)C1CC1. The monoisotopic (exact) mass is 292 g/mol. The Morgan fingerprint density at radius 2 is 1.85 bits per heavy atom. The van der Waals surface area contributed by atoms with Crippen LogP contribution in [0.5, 0.6) is 0 Å². The van der Waals surface area contributed by atoms with E-state index in [1.165, 1.54) is 37.8 Å². The van der Waals surface area contributed by atoms with E-state index >= 15 is 0 Å². The first kappa shape index (κ1) is 14.4. The van der Waals surface area contributed by atoms with Gasteiger partial charge in [0.25, 0.3) is 0 Å². The lowest BCUT2D eigenvalue weighted by Crippen LogP contribution is -2.55. The third kappa shape index (κ3) is 3.36. The molecule has 0 saturated heterocycles. The predicted octanol–water partition coefficient (Wildman–Crippen LogP) is 3.47. The van der Waals surface area contributed by atoms with E-state index in [0.717, 1.165) is 29.9 Å². The van der Waals surface area contributed by atoms with Gasteiger partial charge in [0.2, 0.25) is 0 Å². The largest absolute Gasteiger partial charge is 0.329 e. The van der Waals surface area contributed by atoms with Gasteiger partial charge in [-0.15, -0.1) is 0 Å². The van der Waals surface area contributed by atoms with E-state index in [1.54, 1.807) is 0 Å². The van der Waals surface area contributed by atoms with Crippen molar-refractivity contribution in [2.24, 2.45) is 11.7 Å².